The fourth-order valence-corrected chi connectivity index (χ4v) is 2.53. The van der Waals surface area contributed by atoms with Crippen LogP contribution in [0.2, 0.25) is 0 Å². The molecule has 2 atom stereocenters. The van der Waals surface area contributed by atoms with Gasteiger partial charge in [0, 0.05) is 18.1 Å². The van der Waals surface area contributed by atoms with Gasteiger partial charge in [-0.05, 0) is 45.6 Å². The van der Waals surface area contributed by atoms with Crippen molar-refractivity contribution in [2.24, 2.45) is 17.6 Å². The summed E-state index contributed by atoms with van der Waals surface area (Å²) in [4.78, 5) is 2.63. The standard InChI is InChI=1S/C12H26N2/c1-9(2)11-6-10(7-13)8-14(11)12(3,4)5/h9-11H,6-8,13H2,1-5H3. The van der Waals surface area contributed by atoms with Gasteiger partial charge in [0.1, 0.15) is 0 Å². The minimum Gasteiger partial charge on any atom is -0.330 e. The van der Waals surface area contributed by atoms with E-state index in [4.69, 9.17) is 5.73 Å². The van der Waals surface area contributed by atoms with E-state index in [-0.39, 0.29) is 0 Å². The average Bonchev–Trinajstić information content (AvgIpc) is 2.46. The molecule has 1 saturated heterocycles. The molecule has 1 aliphatic heterocycles. The SMILES string of the molecule is CC(C)C1CC(CN)CN1C(C)(C)C. The number of hydrogen-bond donors (Lipinski definition) is 1. The van der Waals surface area contributed by atoms with Crippen molar-refractivity contribution in [2.45, 2.75) is 52.6 Å². The van der Waals surface area contributed by atoms with Gasteiger partial charge in [0.2, 0.25) is 0 Å². The van der Waals surface area contributed by atoms with E-state index in [0.29, 0.717) is 11.5 Å². The molecule has 0 aromatic carbocycles. The molecule has 0 aliphatic carbocycles. The fourth-order valence-electron chi connectivity index (χ4n) is 2.53. The Morgan fingerprint density at radius 2 is 1.93 bits per heavy atom. The van der Waals surface area contributed by atoms with Crippen molar-refractivity contribution in [1.82, 2.24) is 4.90 Å². The van der Waals surface area contributed by atoms with Gasteiger partial charge in [-0.25, -0.2) is 0 Å². The number of nitrogens with two attached hydrogens (primary N) is 1. The maximum absolute atomic E-state index is 5.78. The number of nitrogens with zero attached hydrogens (tertiary/aromatic N) is 1. The van der Waals surface area contributed by atoms with Gasteiger partial charge in [0.05, 0.1) is 0 Å². The van der Waals surface area contributed by atoms with Gasteiger partial charge in [0.15, 0.2) is 0 Å². The summed E-state index contributed by atoms with van der Waals surface area (Å²) >= 11 is 0. The third-order valence-corrected chi connectivity index (χ3v) is 3.39. The van der Waals surface area contributed by atoms with Crippen LogP contribution in [0.1, 0.15) is 41.0 Å². The zero-order valence-corrected chi connectivity index (χ0v) is 10.4. The summed E-state index contributed by atoms with van der Waals surface area (Å²) in [6.07, 6.45) is 1.28. The van der Waals surface area contributed by atoms with Crippen molar-refractivity contribution < 1.29 is 0 Å². The smallest absolute Gasteiger partial charge is 0.0128 e. The lowest BCUT2D eigenvalue weighted by atomic mass is 9.95. The number of rotatable bonds is 2. The van der Waals surface area contributed by atoms with Crippen LogP contribution in [0.4, 0.5) is 0 Å². The minimum absolute atomic E-state index is 0.291. The highest BCUT2D eigenvalue weighted by atomic mass is 15.2. The topological polar surface area (TPSA) is 29.3 Å². The summed E-state index contributed by atoms with van der Waals surface area (Å²) in [7, 11) is 0. The molecular formula is C12H26N2. The average molecular weight is 198 g/mol. The van der Waals surface area contributed by atoms with Crippen LogP contribution in [-0.4, -0.2) is 29.6 Å². The first kappa shape index (κ1) is 12.0. The van der Waals surface area contributed by atoms with E-state index in [2.05, 4.69) is 39.5 Å². The molecule has 1 rings (SSSR count). The summed E-state index contributed by atoms with van der Waals surface area (Å²) in [6.45, 7) is 13.6. The van der Waals surface area contributed by atoms with E-state index in [0.717, 1.165) is 18.5 Å². The van der Waals surface area contributed by atoms with Gasteiger partial charge < -0.3 is 5.73 Å². The highest BCUT2D eigenvalue weighted by Crippen LogP contribution is 2.33. The Bertz CT molecular complexity index is 181. The van der Waals surface area contributed by atoms with Gasteiger partial charge in [-0.15, -0.1) is 0 Å². The van der Waals surface area contributed by atoms with E-state index in [1.54, 1.807) is 0 Å². The van der Waals surface area contributed by atoms with Gasteiger partial charge in [0.25, 0.3) is 0 Å². The molecule has 14 heavy (non-hydrogen) atoms. The third kappa shape index (κ3) is 2.48. The van der Waals surface area contributed by atoms with E-state index in [1.165, 1.54) is 13.0 Å². The molecule has 2 unspecified atom stereocenters. The lowest BCUT2D eigenvalue weighted by Crippen LogP contribution is -2.46. The first-order valence-corrected chi connectivity index (χ1v) is 5.83. The number of hydrogen-bond acceptors (Lipinski definition) is 2. The van der Waals surface area contributed by atoms with Crippen LogP contribution < -0.4 is 5.73 Å². The molecule has 0 spiro atoms. The Labute approximate surface area is 88.8 Å². The van der Waals surface area contributed by atoms with Crippen molar-refractivity contribution in [3.05, 3.63) is 0 Å². The minimum atomic E-state index is 0.291. The second-order valence-corrected chi connectivity index (χ2v) is 5.97. The van der Waals surface area contributed by atoms with Crippen LogP contribution in [0.15, 0.2) is 0 Å². The summed E-state index contributed by atoms with van der Waals surface area (Å²) < 4.78 is 0. The molecule has 0 aromatic rings. The Hall–Kier alpha value is -0.0800. The van der Waals surface area contributed by atoms with Crippen molar-refractivity contribution in [3.8, 4) is 0 Å². The van der Waals surface area contributed by atoms with Gasteiger partial charge in [-0.1, -0.05) is 13.8 Å². The van der Waals surface area contributed by atoms with Gasteiger partial charge in [-0.2, -0.15) is 0 Å². The molecule has 0 bridgehead atoms. The molecule has 0 radical (unpaired) electrons. The Morgan fingerprint density at radius 1 is 1.36 bits per heavy atom. The maximum atomic E-state index is 5.78. The van der Waals surface area contributed by atoms with Crippen LogP contribution in [-0.2, 0) is 0 Å². The quantitative estimate of drug-likeness (QED) is 0.736. The lowest BCUT2D eigenvalue weighted by molar-refractivity contribution is 0.0941. The van der Waals surface area contributed by atoms with Crippen LogP contribution >= 0.6 is 0 Å². The summed E-state index contributed by atoms with van der Waals surface area (Å²) in [5.41, 5.74) is 6.07. The van der Waals surface area contributed by atoms with Crippen LogP contribution in [0.25, 0.3) is 0 Å². The molecule has 0 aromatic heterocycles. The number of likely N-dealkylation sites (tertiary alicyclic amines) is 1. The van der Waals surface area contributed by atoms with Crippen molar-refractivity contribution in [2.75, 3.05) is 13.1 Å². The predicted octanol–water partition coefficient (Wildman–Crippen LogP) is 2.09. The molecule has 1 aliphatic rings. The van der Waals surface area contributed by atoms with Crippen LogP contribution in [0.3, 0.4) is 0 Å². The van der Waals surface area contributed by atoms with Crippen molar-refractivity contribution in [1.29, 1.82) is 0 Å². The first-order valence-electron chi connectivity index (χ1n) is 5.83. The highest BCUT2D eigenvalue weighted by molar-refractivity contribution is 4.93. The highest BCUT2D eigenvalue weighted by Gasteiger charge is 2.38. The summed E-state index contributed by atoms with van der Waals surface area (Å²) in [6, 6.07) is 0.726. The Balaban J connectivity index is 2.72. The van der Waals surface area contributed by atoms with E-state index in [1.807, 2.05) is 0 Å². The molecule has 2 heteroatoms. The Morgan fingerprint density at radius 3 is 2.21 bits per heavy atom. The van der Waals surface area contributed by atoms with Crippen LogP contribution in [0.5, 0.6) is 0 Å². The monoisotopic (exact) mass is 198 g/mol. The molecule has 84 valence electrons. The summed E-state index contributed by atoms with van der Waals surface area (Å²) in [5, 5.41) is 0. The van der Waals surface area contributed by atoms with Crippen LogP contribution in [0, 0.1) is 11.8 Å². The van der Waals surface area contributed by atoms with Crippen molar-refractivity contribution in [3.63, 3.8) is 0 Å². The molecule has 1 heterocycles. The van der Waals surface area contributed by atoms with Gasteiger partial charge in [-0.3, -0.25) is 4.90 Å². The molecular weight excluding hydrogens is 172 g/mol. The second kappa shape index (κ2) is 4.19. The van der Waals surface area contributed by atoms with E-state index >= 15 is 0 Å². The predicted molar refractivity (Wildman–Crippen MR) is 62.2 cm³/mol. The largest absolute Gasteiger partial charge is 0.330 e. The molecule has 0 saturated carbocycles. The first-order chi connectivity index (χ1) is 6.36. The molecule has 2 nitrogen and oxygen atoms in total. The zero-order valence-electron chi connectivity index (χ0n) is 10.4. The van der Waals surface area contributed by atoms with Gasteiger partial charge >= 0.3 is 0 Å². The normalized spacial score (nSPS) is 30.2. The van der Waals surface area contributed by atoms with E-state index in [9.17, 15) is 0 Å². The van der Waals surface area contributed by atoms with E-state index < -0.39 is 0 Å². The molecule has 2 N–H and O–H groups in total. The zero-order chi connectivity index (χ0) is 10.9. The Kier molecular flexibility index (Phi) is 3.59. The second-order valence-electron chi connectivity index (χ2n) is 5.97. The maximum Gasteiger partial charge on any atom is 0.0128 e. The molecule has 1 fully saturated rings. The third-order valence-electron chi connectivity index (χ3n) is 3.39. The summed E-state index contributed by atoms with van der Waals surface area (Å²) in [5.74, 6) is 1.45. The van der Waals surface area contributed by atoms with Crippen molar-refractivity contribution >= 4 is 0 Å². The lowest BCUT2D eigenvalue weighted by Gasteiger charge is -2.38. The fraction of sp³-hybridized carbons (Fsp3) is 1.00. The molecule has 0 amide bonds.